The fourth-order valence-corrected chi connectivity index (χ4v) is 1.63. The summed E-state index contributed by atoms with van der Waals surface area (Å²) in [4.78, 5) is 11.0. The zero-order chi connectivity index (χ0) is 10.8. The largest absolute Gasteiger partial charge is 0.466 e. The van der Waals surface area contributed by atoms with Crippen LogP contribution < -0.4 is 0 Å². The van der Waals surface area contributed by atoms with Gasteiger partial charge in [-0.25, -0.2) is 0 Å². The average molecular weight is 200 g/mol. The fourth-order valence-electron chi connectivity index (χ4n) is 1.63. The maximum atomic E-state index is 11.0. The molecule has 84 valence electrons. The molecule has 0 rings (SSSR count). The molecule has 0 saturated carbocycles. The van der Waals surface area contributed by atoms with Crippen LogP contribution >= 0.6 is 0 Å². The van der Waals surface area contributed by atoms with E-state index in [4.69, 9.17) is 4.74 Å². The molecule has 0 amide bonds. The highest BCUT2D eigenvalue weighted by molar-refractivity contribution is 5.69. The van der Waals surface area contributed by atoms with E-state index in [1.165, 1.54) is 19.3 Å². The van der Waals surface area contributed by atoms with Crippen LogP contribution in [0, 0.1) is 5.92 Å². The van der Waals surface area contributed by atoms with E-state index in [1.807, 2.05) is 6.92 Å². The molecule has 2 heteroatoms. The monoisotopic (exact) mass is 200 g/mol. The first kappa shape index (κ1) is 13.5. The Labute approximate surface area is 88.0 Å². The van der Waals surface area contributed by atoms with Crippen molar-refractivity contribution in [3.05, 3.63) is 0 Å². The van der Waals surface area contributed by atoms with Crippen LogP contribution in [-0.4, -0.2) is 12.6 Å². The first-order valence-electron chi connectivity index (χ1n) is 5.90. The molecule has 0 aromatic rings. The van der Waals surface area contributed by atoms with Crippen molar-refractivity contribution in [1.82, 2.24) is 0 Å². The lowest BCUT2D eigenvalue weighted by atomic mass is 9.96. The number of rotatable bonds is 8. The quantitative estimate of drug-likeness (QED) is 0.442. The minimum Gasteiger partial charge on any atom is -0.466 e. The minimum atomic E-state index is -0.0444. The van der Waals surface area contributed by atoms with Crippen LogP contribution in [0.2, 0.25) is 0 Å². The summed E-state index contributed by atoms with van der Waals surface area (Å²) in [6.45, 7) is 6.83. The van der Waals surface area contributed by atoms with E-state index in [1.54, 1.807) is 0 Å². The maximum absolute atomic E-state index is 11.0. The standard InChI is InChI=1S/C12H24O2/c1-4-11(5-2)9-7-8-10-12(13)14-6-3/h11H,4-10H2,1-3H3. The predicted octanol–water partition coefficient (Wildman–Crippen LogP) is 3.55. The Morgan fingerprint density at radius 2 is 1.79 bits per heavy atom. The van der Waals surface area contributed by atoms with Gasteiger partial charge < -0.3 is 4.74 Å². The number of hydrogen-bond acceptors (Lipinski definition) is 2. The van der Waals surface area contributed by atoms with Gasteiger partial charge >= 0.3 is 5.97 Å². The predicted molar refractivity (Wildman–Crippen MR) is 59.2 cm³/mol. The molecule has 0 radical (unpaired) electrons. The number of unbranched alkanes of at least 4 members (excludes halogenated alkanes) is 1. The van der Waals surface area contributed by atoms with Crippen molar-refractivity contribution in [2.45, 2.75) is 59.3 Å². The van der Waals surface area contributed by atoms with Crippen molar-refractivity contribution >= 4 is 5.97 Å². The lowest BCUT2D eigenvalue weighted by molar-refractivity contribution is -0.143. The Bertz CT molecular complexity index is 139. The van der Waals surface area contributed by atoms with Crippen molar-refractivity contribution in [2.24, 2.45) is 5.92 Å². The summed E-state index contributed by atoms with van der Waals surface area (Å²) in [5, 5.41) is 0. The van der Waals surface area contributed by atoms with E-state index in [0.29, 0.717) is 13.0 Å². The number of esters is 1. The second kappa shape index (κ2) is 9.04. The molecule has 0 fully saturated rings. The smallest absolute Gasteiger partial charge is 0.305 e. The van der Waals surface area contributed by atoms with E-state index in [-0.39, 0.29) is 5.97 Å². The summed E-state index contributed by atoms with van der Waals surface area (Å²) in [7, 11) is 0. The molecule has 0 saturated heterocycles. The van der Waals surface area contributed by atoms with Crippen molar-refractivity contribution in [3.8, 4) is 0 Å². The van der Waals surface area contributed by atoms with Crippen LogP contribution in [0.4, 0.5) is 0 Å². The molecule has 0 N–H and O–H groups in total. The van der Waals surface area contributed by atoms with Gasteiger partial charge in [-0.15, -0.1) is 0 Å². The van der Waals surface area contributed by atoms with Crippen LogP contribution in [-0.2, 0) is 9.53 Å². The molecular weight excluding hydrogens is 176 g/mol. The molecule has 0 aromatic heterocycles. The van der Waals surface area contributed by atoms with Crippen LogP contribution in [0.25, 0.3) is 0 Å². The highest BCUT2D eigenvalue weighted by Gasteiger charge is 2.04. The van der Waals surface area contributed by atoms with Crippen molar-refractivity contribution in [2.75, 3.05) is 6.61 Å². The first-order chi connectivity index (χ1) is 6.74. The second-order valence-corrected chi connectivity index (χ2v) is 3.73. The van der Waals surface area contributed by atoms with Gasteiger partial charge in [-0.05, 0) is 19.3 Å². The summed E-state index contributed by atoms with van der Waals surface area (Å²) in [5.41, 5.74) is 0. The van der Waals surface area contributed by atoms with E-state index in [0.717, 1.165) is 18.8 Å². The van der Waals surface area contributed by atoms with Gasteiger partial charge in [0.05, 0.1) is 6.61 Å². The molecule has 0 aromatic carbocycles. The second-order valence-electron chi connectivity index (χ2n) is 3.73. The lowest BCUT2D eigenvalue weighted by Crippen LogP contribution is -2.04. The normalized spacial score (nSPS) is 10.6. The molecular formula is C12H24O2. The Morgan fingerprint density at radius 3 is 2.29 bits per heavy atom. The molecule has 0 atom stereocenters. The molecule has 2 nitrogen and oxygen atoms in total. The third-order valence-corrected chi connectivity index (χ3v) is 2.70. The highest BCUT2D eigenvalue weighted by atomic mass is 16.5. The average Bonchev–Trinajstić information content (AvgIpc) is 2.19. The van der Waals surface area contributed by atoms with E-state index in [2.05, 4.69) is 13.8 Å². The van der Waals surface area contributed by atoms with Crippen LogP contribution in [0.1, 0.15) is 59.3 Å². The molecule has 0 unspecified atom stereocenters. The van der Waals surface area contributed by atoms with E-state index >= 15 is 0 Å². The molecule has 14 heavy (non-hydrogen) atoms. The first-order valence-corrected chi connectivity index (χ1v) is 5.90. The molecule has 0 aliphatic carbocycles. The lowest BCUT2D eigenvalue weighted by Gasteiger charge is -2.10. The Morgan fingerprint density at radius 1 is 1.14 bits per heavy atom. The number of carbonyl (C=O) groups is 1. The molecule has 0 heterocycles. The Balaban J connectivity index is 3.32. The molecule has 0 spiro atoms. The van der Waals surface area contributed by atoms with Gasteiger partial charge in [0, 0.05) is 6.42 Å². The summed E-state index contributed by atoms with van der Waals surface area (Å²) >= 11 is 0. The van der Waals surface area contributed by atoms with E-state index in [9.17, 15) is 4.79 Å². The van der Waals surface area contributed by atoms with Crippen LogP contribution in [0.3, 0.4) is 0 Å². The van der Waals surface area contributed by atoms with Crippen molar-refractivity contribution in [3.63, 3.8) is 0 Å². The van der Waals surface area contributed by atoms with Gasteiger partial charge in [0.15, 0.2) is 0 Å². The van der Waals surface area contributed by atoms with Gasteiger partial charge in [-0.3, -0.25) is 4.79 Å². The summed E-state index contributed by atoms with van der Waals surface area (Å²) in [6.07, 6.45) is 6.51. The topological polar surface area (TPSA) is 26.3 Å². The van der Waals surface area contributed by atoms with E-state index < -0.39 is 0 Å². The van der Waals surface area contributed by atoms with Gasteiger partial charge in [0.2, 0.25) is 0 Å². The third-order valence-electron chi connectivity index (χ3n) is 2.70. The zero-order valence-corrected chi connectivity index (χ0v) is 9.84. The highest BCUT2D eigenvalue weighted by Crippen LogP contribution is 2.16. The summed E-state index contributed by atoms with van der Waals surface area (Å²) in [6, 6.07) is 0. The maximum Gasteiger partial charge on any atom is 0.305 e. The molecule has 0 aliphatic heterocycles. The van der Waals surface area contributed by atoms with Crippen molar-refractivity contribution < 1.29 is 9.53 Å². The van der Waals surface area contributed by atoms with Gasteiger partial charge in [-0.1, -0.05) is 39.5 Å². The van der Waals surface area contributed by atoms with Crippen LogP contribution in [0.5, 0.6) is 0 Å². The molecule has 0 bridgehead atoms. The number of hydrogen-bond donors (Lipinski definition) is 0. The SMILES string of the molecule is CCOC(=O)CCCCC(CC)CC. The Kier molecular flexibility index (Phi) is 8.70. The number of carbonyl (C=O) groups excluding carboxylic acids is 1. The van der Waals surface area contributed by atoms with Gasteiger partial charge in [-0.2, -0.15) is 0 Å². The molecule has 0 aliphatic rings. The fraction of sp³-hybridized carbons (Fsp3) is 0.917. The Hall–Kier alpha value is -0.530. The van der Waals surface area contributed by atoms with Gasteiger partial charge in [0.25, 0.3) is 0 Å². The van der Waals surface area contributed by atoms with Crippen LogP contribution in [0.15, 0.2) is 0 Å². The summed E-state index contributed by atoms with van der Waals surface area (Å²) < 4.78 is 4.86. The third kappa shape index (κ3) is 6.93. The summed E-state index contributed by atoms with van der Waals surface area (Å²) in [5.74, 6) is 0.800. The zero-order valence-electron chi connectivity index (χ0n) is 9.84. The van der Waals surface area contributed by atoms with Gasteiger partial charge in [0.1, 0.15) is 0 Å². The van der Waals surface area contributed by atoms with Crippen molar-refractivity contribution in [1.29, 1.82) is 0 Å². The number of ether oxygens (including phenoxy) is 1. The minimum absolute atomic E-state index is 0.0444.